The monoisotopic (exact) mass is 307 g/mol. The number of hydrogen-bond donors (Lipinski definition) is 3. The number of benzene rings is 2. The van der Waals surface area contributed by atoms with Gasteiger partial charge in [0.05, 0.1) is 11.7 Å². The summed E-state index contributed by atoms with van der Waals surface area (Å²) in [6.07, 6.45) is 2.95. The van der Waals surface area contributed by atoms with Gasteiger partial charge in [0.15, 0.2) is 11.5 Å². The van der Waals surface area contributed by atoms with Gasteiger partial charge in [0, 0.05) is 22.7 Å². The van der Waals surface area contributed by atoms with Gasteiger partial charge in [-0.3, -0.25) is 9.78 Å². The van der Waals surface area contributed by atoms with E-state index in [2.05, 4.69) is 15.5 Å². The van der Waals surface area contributed by atoms with Crippen molar-refractivity contribution in [3.8, 4) is 11.5 Å². The maximum Gasteiger partial charge on any atom is 0.271 e. The number of aromatic hydroxyl groups is 2. The zero-order valence-corrected chi connectivity index (χ0v) is 12.0. The van der Waals surface area contributed by atoms with Crippen LogP contribution in [-0.2, 0) is 0 Å². The Bertz CT molecular complexity index is 906. The number of pyridine rings is 1. The van der Waals surface area contributed by atoms with E-state index in [-0.39, 0.29) is 17.4 Å². The van der Waals surface area contributed by atoms with E-state index in [0.717, 1.165) is 10.9 Å². The van der Waals surface area contributed by atoms with Crippen LogP contribution in [0.25, 0.3) is 10.9 Å². The predicted molar refractivity (Wildman–Crippen MR) is 86.6 cm³/mol. The highest BCUT2D eigenvalue weighted by Gasteiger charge is 2.06. The summed E-state index contributed by atoms with van der Waals surface area (Å²) >= 11 is 0. The van der Waals surface area contributed by atoms with Crippen LogP contribution in [-0.4, -0.2) is 27.3 Å². The molecule has 1 aromatic heterocycles. The van der Waals surface area contributed by atoms with Gasteiger partial charge in [-0.05, 0) is 36.4 Å². The SMILES string of the molecule is O=C(N/N=C/c1cccc(O)c1O)c1ccc2ncccc2c1. The predicted octanol–water partition coefficient (Wildman–Crippen LogP) is 2.41. The second-order valence-electron chi connectivity index (χ2n) is 4.82. The number of amides is 1. The molecule has 0 spiro atoms. The highest BCUT2D eigenvalue weighted by Crippen LogP contribution is 2.26. The minimum absolute atomic E-state index is 0.248. The van der Waals surface area contributed by atoms with Gasteiger partial charge in [0.25, 0.3) is 5.91 Å². The van der Waals surface area contributed by atoms with E-state index in [0.29, 0.717) is 11.1 Å². The van der Waals surface area contributed by atoms with Crippen molar-refractivity contribution < 1.29 is 15.0 Å². The minimum Gasteiger partial charge on any atom is -0.504 e. The summed E-state index contributed by atoms with van der Waals surface area (Å²) in [6, 6.07) is 13.3. The zero-order chi connectivity index (χ0) is 16.2. The molecule has 3 rings (SSSR count). The first kappa shape index (κ1) is 14.5. The lowest BCUT2D eigenvalue weighted by Gasteiger charge is -2.03. The van der Waals surface area contributed by atoms with Crippen molar-refractivity contribution in [1.82, 2.24) is 10.4 Å². The number of phenols is 2. The van der Waals surface area contributed by atoms with Crippen LogP contribution in [0.4, 0.5) is 0 Å². The number of nitrogens with zero attached hydrogens (tertiary/aromatic N) is 2. The fourth-order valence-corrected chi connectivity index (χ4v) is 2.09. The molecule has 0 radical (unpaired) electrons. The standard InChI is InChI=1S/C17H13N3O3/c21-15-5-1-3-13(16(15)22)10-19-20-17(23)12-6-7-14-11(9-12)4-2-8-18-14/h1-10,21-22H,(H,20,23)/b19-10+. The number of aromatic nitrogens is 1. The molecule has 6 heteroatoms. The van der Waals surface area contributed by atoms with Crippen LogP contribution in [0.3, 0.4) is 0 Å². The number of carbonyl (C=O) groups is 1. The summed E-state index contributed by atoms with van der Waals surface area (Å²) in [7, 11) is 0. The molecule has 3 aromatic rings. The number of phenolic OH excluding ortho intramolecular Hbond substituents is 2. The van der Waals surface area contributed by atoms with Gasteiger partial charge in [-0.25, -0.2) is 5.43 Å². The van der Waals surface area contributed by atoms with Gasteiger partial charge in [0.1, 0.15) is 0 Å². The lowest BCUT2D eigenvalue weighted by Crippen LogP contribution is -2.17. The van der Waals surface area contributed by atoms with Gasteiger partial charge in [-0.15, -0.1) is 0 Å². The van der Waals surface area contributed by atoms with E-state index in [1.54, 1.807) is 42.6 Å². The Labute approximate surface area is 131 Å². The molecule has 2 aromatic carbocycles. The molecule has 23 heavy (non-hydrogen) atoms. The van der Waals surface area contributed by atoms with E-state index in [1.165, 1.54) is 12.3 Å². The Morgan fingerprint density at radius 3 is 2.87 bits per heavy atom. The Hall–Kier alpha value is -3.41. The van der Waals surface area contributed by atoms with Crippen LogP contribution >= 0.6 is 0 Å². The van der Waals surface area contributed by atoms with Crippen molar-refractivity contribution in [1.29, 1.82) is 0 Å². The molecule has 0 saturated carbocycles. The molecule has 0 unspecified atom stereocenters. The second-order valence-corrected chi connectivity index (χ2v) is 4.82. The van der Waals surface area contributed by atoms with Crippen LogP contribution in [0.5, 0.6) is 11.5 Å². The minimum atomic E-state index is -0.383. The smallest absolute Gasteiger partial charge is 0.271 e. The Morgan fingerprint density at radius 1 is 1.13 bits per heavy atom. The molecule has 0 aliphatic carbocycles. The molecule has 0 saturated heterocycles. The van der Waals surface area contributed by atoms with Crippen LogP contribution < -0.4 is 5.43 Å². The van der Waals surface area contributed by atoms with Crippen molar-refractivity contribution >= 4 is 23.0 Å². The summed E-state index contributed by atoms with van der Waals surface area (Å²) in [6.45, 7) is 0. The van der Waals surface area contributed by atoms with E-state index < -0.39 is 0 Å². The van der Waals surface area contributed by atoms with E-state index in [4.69, 9.17) is 0 Å². The summed E-state index contributed by atoms with van der Waals surface area (Å²) in [5.41, 5.74) is 3.93. The summed E-state index contributed by atoms with van der Waals surface area (Å²) in [4.78, 5) is 16.3. The zero-order valence-electron chi connectivity index (χ0n) is 12.0. The number of nitrogens with one attached hydrogen (secondary N) is 1. The number of hydrazone groups is 1. The maximum atomic E-state index is 12.1. The average Bonchev–Trinajstić information content (AvgIpc) is 2.58. The third-order valence-electron chi connectivity index (χ3n) is 3.28. The molecular formula is C17H13N3O3. The lowest BCUT2D eigenvalue weighted by atomic mass is 10.1. The van der Waals surface area contributed by atoms with Gasteiger partial charge < -0.3 is 10.2 Å². The number of hydrogen-bond acceptors (Lipinski definition) is 5. The number of rotatable bonds is 3. The van der Waals surface area contributed by atoms with Gasteiger partial charge >= 0.3 is 0 Å². The van der Waals surface area contributed by atoms with Crippen LogP contribution in [0, 0.1) is 0 Å². The second kappa shape index (κ2) is 6.15. The highest BCUT2D eigenvalue weighted by molar-refractivity contribution is 5.98. The van der Waals surface area contributed by atoms with Crippen molar-refractivity contribution in [2.45, 2.75) is 0 Å². The molecule has 0 aliphatic heterocycles. The van der Waals surface area contributed by atoms with Crippen molar-refractivity contribution in [2.24, 2.45) is 5.10 Å². The normalized spacial score (nSPS) is 11.0. The number of fused-ring (bicyclic) bond motifs is 1. The van der Waals surface area contributed by atoms with Crippen LogP contribution in [0.15, 0.2) is 59.8 Å². The average molecular weight is 307 g/mol. The molecule has 0 atom stereocenters. The molecule has 0 fully saturated rings. The molecule has 1 heterocycles. The molecule has 6 nitrogen and oxygen atoms in total. The summed E-state index contributed by atoms with van der Waals surface area (Å²) in [5, 5.41) is 23.7. The first-order chi connectivity index (χ1) is 11.1. The molecule has 114 valence electrons. The molecule has 0 aliphatic rings. The van der Waals surface area contributed by atoms with E-state index in [9.17, 15) is 15.0 Å². The Balaban J connectivity index is 1.75. The van der Waals surface area contributed by atoms with Gasteiger partial charge in [-0.2, -0.15) is 5.10 Å². The molecular weight excluding hydrogens is 294 g/mol. The van der Waals surface area contributed by atoms with Crippen LogP contribution in [0.1, 0.15) is 15.9 Å². The van der Waals surface area contributed by atoms with Crippen LogP contribution in [0.2, 0.25) is 0 Å². The summed E-state index contributed by atoms with van der Waals surface area (Å²) < 4.78 is 0. The fourth-order valence-electron chi connectivity index (χ4n) is 2.09. The van der Waals surface area contributed by atoms with Crippen molar-refractivity contribution in [2.75, 3.05) is 0 Å². The Kier molecular flexibility index (Phi) is 3.88. The van der Waals surface area contributed by atoms with Gasteiger partial charge in [-0.1, -0.05) is 12.1 Å². The lowest BCUT2D eigenvalue weighted by molar-refractivity contribution is 0.0955. The fraction of sp³-hybridized carbons (Fsp3) is 0. The molecule has 1 amide bonds. The number of carbonyl (C=O) groups excluding carboxylic acids is 1. The largest absolute Gasteiger partial charge is 0.504 e. The first-order valence-corrected chi connectivity index (χ1v) is 6.84. The third kappa shape index (κ3) is 3.11. The Morgan fingerprint density at radius 2 is 2.00 bits per heavy atom. The topological polar surface area (TPSA) is 94.8 Å². The maximum absolute atomic E-state index is 12.1. The third-order valence-corrected chi connectivity index (χ3v) is 3.28. The van der Waals surface area contributed by atoms with E-state index >= 15 is 0 Å². The highest BCUT2D eigenvalue weighted by atomic mass is 16.3. The molecule has 0 bridgehead atoms. The summed E-state index contributed by atoms with van der Waals surface area (Å²) in [5.74, 6) is -0.920. The van der Waals surface area contributed by atoms with Crippen molar-refractivity contribution in [3.05, 3.63) is 65.9 Å². The van der Waals surface area contributed by atoms with Gasteiger partial charge in [0.2, 0.25) is 0 Å². The first-order valence-electron chi connectivity index (χ1n) is 6.84. The molecule has 3 N–H and O–H groups in total. The quantitative estimate of drug-likeness (QED) is 0.393. The number of para-hydroxylation sites is 1. The van der Waals surface area contributed by atoms with E-state index in [1.807, 2.05) is 6.07 Å². The van der Waals surface area contributed by atoms with Crippen molar-refractivity contribution in [3.63, 3.8) is 0 Å².